The Hall–Kier alpha value is -2.95. The Bertz CT molecular complexity index is 1330. The number of amides is 2. The van der Waals surface area contributed by atoms with Gasteiger partial charge in [0.1, 0.15) is 10.3 Å². The van der Waals surface area contributed by atoms with Gasteiger partial charge in [0.2, 0.25) is 6.10 Å². The van der Waals surface area contributed by atoms with E-state index < -0.39 is 12.0 Å². The summed E-state index contributed by atoms with van der Waals surface area (Å²) in [7, 11) is 0. The Morgan fingerprint density at radius 1 is 1.29 bits per heavy atom. The molecule has 2 aromatic heterocycles. The molecule has 4 rings (SSSR count). The molecule has 1 atom stereocenters. The van der Waals surface area contributed by atoms with Gasteiger partial charge >= 0.3 is 0 Å². The quantitative estimate of drug-likeness (QED) is 0.413. The molecule has 0 radical (unpaired) electrons. The highest BCUT2D eigenvalue weighted by Gasteiger charge is 2.31. The molecule has 1 aromatic carbocycles. The number of aromatic nitrogens is 3. The van der Waals surface area contributed by atoms with Gasteiger partial charge in [0.25, 0.3) is 11.8 Å². The first-order valence-electron chi connectivity index (χ1n) is 10.8. The van der Waals surface area contributed by atoms with Crippen LogP contribution in [0.1, 0.15) is 41.4 Å². The molecular formula is C23H21BrCl2N6O3. The summed E-state index contributed by atoms with van der Waals surface area (Å²) in [6.07, 6.45) is 1.87. The molecule has 2 N–H and O–H groups in total. The molecule has 1 aliphatic rings. The molecule has 9 nitrogen and oxygen atoms in total. The van der Waals surface area contributed by atoms with Gasteiger partial charge in [-0.25, -0.2) is 9.67 Å². The second-order valence-corrected chi connectivity index (χ2v) is 9.46. The second-order valence-electron chi connectivity index (χ2n) is 7.80. The van der Waals surface area contributed by atoms with Gasteiger partial charge < -0.3 is 15.5 Å². The Morgan fingerprint density at radius 3 is 2.83 bits per heavy atom. The second kappa shape index (κ2) is 10.8. The molecule has 3 aromatic rings. The Balaban J connectivity index is 1.64. The van der Waals surface area contributed by atoms with E-state index in [1.807, 2.05) is 13.8 Å². The predicted molar refractivity (Wildman–Crippen MR) is 138 cm³/mol. The molecule has 0 aliphatic carbocycles. The molecule has 0 fully saturated rings. The Labute approximate surface area is 220 Å². The molecule has 0 spiro atoms. The largest absolute Gasteiger partial charge is 0.382 e. The standard InChI is InChI=1S/C23H21BrCl2N6O3/c1-3-6-28-23(34)18-10-16(31-35-18)14-9-13(25)8-12(2)20(14)29-22(33)17-11-19(24)30-32(17)21-15(26)5-4-7-27-21/h4-5,7-9,11,18H,3,6,10H2,1-2H3,(H,28,34)(H,29,33). The van der Waals surface area contributed by atoms with Gasteiger partial charge in [-0.1, -0.05) is 35.3 Å². The van der Waals surface area contributed by atoms with E-state index in [0.717, 1.165) is 6.42 Å². The SMILES string of the molecule is CCCNC(=O)C1CC(c2cc(Cl)cc(C)c2NC(=O)c2cc(Br)nn2-c2ncccc2Cl)=NO1. The number of nitrogens with one attached hydrogen (secondary N) is 2. The van der Waals surface area contributed by atoms with Crippen molar-refractivity contribution in [3.63, 3.8) is 0 Å². The molecule has 182 valence electrons. The van der Waals surface area contributed by atoms with Crippen LogP contribution in [-0.4, -0.2) is 44.9 Å². The van der Waals surface area contributed by atoms with Gasteiger partial charge in [0.05, 0.1) is 16.4 Å². The maximum Gasteiger partial charge on any atom is 0.274 e. The fourth-order valence-electron chi connectivity index (χ4n) is 3.56. The van der Waals surface area contributed by atoms with Crippen molar-refractivity contribution >= 4 is 62.3 Å². The fraction of sp³-hybridized carbons (Fsp3) is 0.261. The van der Waals surface area contributed by atoms with E-state index in [1.165, 1.54) is 4.68 Å². The third-order valence-electron chi connectivity index (χ3n) is 5.21. The average Bonchev–Trinajstić information content (AvgIpc) is 3.46. The fourth-order valence-corrected chi connectivity index (χ4v) is 4.41. The van der Waals surface area contributed by atoms with Crippen molar-refractivity contribution in [1.29, 1.82) is 0 Å². The van der Waals surface area contributed by atoms with Crippen LogP contribution in [-0.2, 0) is 9.63 Å². The van der Waals surface area contributed by atoms with Crippen LogP contribution in [0.5, 0.6) is 0 Å². The third-order valence-corrected chi connectivity index (χ3v) is 6.11. The zero-order valence-electron chi connectivity index (χ0n) is 18.8. The molecule has 0 saturated heterocycles. The predicted octanol–water partition coefficient (Wildman–Crippen LogP) is 4.92. The van der Waals surface area contributed by atoms with Crippen LogP contribution in [0.25, 0.3) is 5.82 Å². The lowest BCUT2D eigenvalue weighted by molar-refractivity contribution is -0.131. The van der Waals surface area contributed by atoms with Crippen molar-refractivity contribution in [2.75, 3.05) is 11.9 Å². The number of benzene rings is 1. The lowest BCUT2D eigenvalue weighted by atomic mass is 9.99. The highest BCUT2D eigenvalue weighted by atomic mass is 79.9. The van der Waals surface area contributed by atoms with Crippen LogP contribution in [0.4, 0.5) is 5.69 Å². The summed E-state index contributed by atoms with van der Waals surface area (Å²) in [5.41, 5.74) is 2.48. The van der Waals surface area contributed by atoms with Gasteiger partial charge in [-0.15, -0.1) is 0 Å². The zero-order chi connectivity index (χ0) is 25.1. The zero-order valence-corrected chi connectivity index (χ0v) is 21.9. The lowest BCUT2D eigenvalue weighted by Gasteiger charge is -2.15. The number of carbonyl (C=O) groups excluding carboxylic acids is 2. The molecule has 1 unspecified atom stereocenters. The number of anilines is 1. The van der Waals surface area contributed by atoms with Crippen LogP contribution >= 0.6 is 39.1 Å². The number of pyridine rings is 1. The first kappa shape index (κ1) is 25.2. The number of halogens is 3. The Morgan fingerprint density at radius 2 is 2.09 bits per heavy atom. The van der Waals surface area contributed by atoms with E-state index in [0.29, 0.717) is 49.5 Å². The molecule has 0 saturated carbocycles. The first-order valence-corrected chi connectivity index (χ1v) is 12.3. The number of rotatable bonds is 7. The summed E-state index contributed by atoms with van der Waals surface area (Å²) in [5, 5.41) is 15.0. The van der Waals surface area contributed by atoms with Crippen LogP contribution < -0.4 is 10.6 Å². The number of hydrogen-bond acceptors (Lipinski definition) is 6. The van der Waals surface area contributed by atoms with Crippen LogP contribution in [0.2, 0.25) is 10.0 Å². The van der Waals surface area contributed by atoms with E-state index in [9.17, 15) is 9.59 Å². The van der Waals surface area contributed by atoms with E-state index in [2.05, 4.69) is 41.8 Å². The van der Waals surface area contributed by atoms with E-state index >= 15 is 0 Å². The van der Waals surface area contributed by atoms with Gasteiger partial charge in [0, 0.05) is 35.8 Å². The summed E-state index contributed by atoms with van der Waals surface area (Å²) >= 11 is 15.9. The van der Waals surface area contributed by atoms with Gasteiger partial charge in [0.15, 0.2) is 5.82 Å². The van der Waals surface area contributed by atoms with Crippen LogP contribution in [0, 0.1) is 6.92 Å². The summed E-state index contributed by atoms with van der Waals surface area (Å²) in [6, 6.07) is 8.32. The van der Waals surface area contributed by atoms with Gasteiger partial charge in [-0.05, 0) is 59.1 Å². The number of nitrogens with zero attached hydrogens (tertiary/aromatic N) is 4. The molecule has 0 bridgehead atoms. The van der Waals surface area contributed by atoms with Crippen molar-refractivity contribution in [2.45, 2.75) is 32.8 Å². The van der Waals surface area contributed by atoms with Gasteiger partial charge in [-0.2, -0.15) is 5.10 Å². The lowest BCUT2D eigenvalue weighted by Crippen LogP contribution is -2.35. The van der Waals surface area contributed by atoms with Crippen molar-refractivity contribution in [1.82, 2.24) is 20.1 Å². The maximum absolute atomic E-state index is 13.4. The normalized spacial score (nSPS) is 14.9. The maximum atomic E-state index is 13.4. The van der Waals surface area contributed by atoms with E-state index in [-0.39, 0.29) is 18.0 Å². The number of carbonyl (C=O) groups is 2. The minimum Gasteiger partial charge on any atom is -0.382 e. The van der Waals surface area contributed by atoms with Crippen molar-refractivity contribution in [3.8, 4) is 5.82 Å². The number of oxime groups is 1. The third kappa shape index (κ3) is 5.50. The van der Waals surface area contributed by atoms with E-state index in [1.54, 1.807) is 36.5 Å². The van der Waals surface area contributed by atoms with Crippen LogP contribution in [0.15, 0.2) is 46.3 Å². The summed E-state index contributed by atoms with van der Waals surface area (Å²) in [5.74, 6) is -0.378. The van der Waals surface area contributed by atoms with Gasteiger partial charge in [-0.3, -0.25) is 9.59 Å². The highest BCUT2D eigenvalue weighted by molar-refractivity contribution is 9.10. The summed E-state index contributed by atoms with van der Waals surface area (Å²) in [6.45, 7) is 4.33. The molecule has 12 heteroatoms. The average molecular weight is 580 g/mol. The molecule has 35 heavy (non-hydrogen) atoms. The molecule has 3 heterocycles. The Kier molecular flexibility index (Phi) is 7.73. The van der Waals surface area contributed by atoms with E-state index in [4.69, 9.17) is 28.0 Å². The number of hydrogen-bond donors (Lipinski definition) is 2. The first-order chi connectivity index (χ1) is 16.8. The summed E-state index contributed by atoms with van der Waals surface area (Å²) in [4.78, 5) is 35.3. The molecule has 1 aliphatic heterocycles. The summed E-state index contributed by atoms with van der Waals surface area (Å²) < 4.78 is 1.80. The number of aryl methyl sites for hydroxylation is 1. The monoisotopic (exact) mass is 578 g/mol. The minimum absolute atomic E-state index is 0.208. The molecule has 2 amide bonds. The highest BCUT2D eigenvalue weighted by Crippen LogP contribution is 2.31. The smallest absolute Gasteiger partial charge is 0.274 e. The van der Waals surface area contributed by atoms with Crippen molar-refractivity contribution in [3.05, 3.63) is 68.0 Å². The topological polar surface area (TPSA) is 111 Å². The van der Waals surface area contributed by atoms with Crippen molar-refractivity contribution in [2.24, 2.45) is 5.16 Å². The van der Waals surface area contributed by atoms with Crippen LogP contribution in [0.3, 0.4) is 0 Å². The molecular weight excluding hydrogens is 559 g/mol. The van der Waals surface area contributed by atoms with Crippen molar-refractivity contribution < 1.29 is 14.4 Å². The minimum atomic E-state index is -0.747.